The second kappa shape index (κ2) is 6.57. The van der Waals surface area contributed by atoms with Gasteiger partial charge in [0.25, 0.3) is 0 Å². The quantitative estimate of drug-likeness (QED) is 0.854. The number of aromatic nitrogens is 2. The second-order valence-corrected chi connectivity index (χ2v) is 5.53. The van der Waals surface area contributed by atoms with Gasteiger partial charge < -0.3 is 9.64 Å². The van der Waals surface area contributed by atoms with Gasteiger partial charge in [-0.1, -0.05) is 25.0 Å². The van der Waals surface area contributed by atoms with Crippen molar-refractivity contribution in [2.24, 2.45) is 0 Å². The number of hydrogen-bond donors (Lipinski definition) is 0. The van der Waals surface area contributed by atoms with Crippen molar-refractivity contribution in [3.63, 3.8) is 0 Å². The number of benzene rings is 1. The van der Waals surface area contributed by atoms with E-state index in [1.54, 1.807) is 6.33 Å². The Balaban J connectivity index is 1.76. The zero-order chi connectivity index (χ0) is 14.5. The molecule has 1 aliphatic rings. The Hall–Kier alpha value is -2.10. The highest BCUT2D eigenvalue weighted by molar-refractivity contribution is 5.42. The Morgan fingerprint density at radius 3 is 2.57 bits per heavy atom. The summed E-state index contributed by atoms with van der Waals surface area (Å²) in [5, 5.41) is 0. The van der Waals surface area contributed by atoms with Crippen molar-refractivity contribution in [1.82, 2.24) is 9.97 Å². The maximum absolute atomic E-state index is 5.84. The second-order valence-electron chi connectivity index (χ2n) is 5.53. The standard InChI is InChI=1S/C17H21N3O/c1-14-7-6-8-15(11-14)21-17-12-16(18-13-19-17)20-9-4-2-3-5-10-20/h6-8,11-13H,2-5,9-10H2,1H3. The molecule has 110 valence electrons. The monoisotopic (exact) mass is 283 g/mol. The summed E-state index contributed by atoms with van der Waals surface area (Å²) in [6, 6.07) is 9.93. The van der Waals surface area contributed by atoms with E-state index in [1.165, 1.54) is 31.2 Å². The highest BCUT2D eigenvalue weighted by Gasteiger charge is 2.12. The molecule has 0 spiro atoms. The van der Waals surface area contributed by atoms with Crippen LogP contribution < -0.4 is 9.64 Å². The summed E-state index contributed by atoms with van der Waals surface area (Å²) >= 11 is 0. The number of aryl methyl sites for hydroxylation is 1. The van der Waals surface area contributed by atoms with Crippen LogP contribution >= 0.6 is 0 Å². The maximum atomic E-state index is 5.84. The Labute approximate surface area is 125 Å². The smallest absolute Gasteiger partial charge is 0.224 e. The number of rotatable bonds is 3. The third-order valence-electron chi connectivity index (χ3n) is 3.77. The molecule has 1 aliphatic heterocycles. The molecule has 1 fully saturated rings. The Morgan fingerprint density at radius 1 is 1.00 bits per heavy atom. The predicted octanol–water partition coefficient (Wildman–Crippen LogP) is 3.96. The van der Waals surface area contributed by atoms with Gasteiger partial charge in [-0.05, 0) is 37.5 Å². The molecule has 0 aliphatic carbocycles. The fourth-order valence-corrected chi connectivity index (χ4v) is 2.66. The van der Waals surface area contributed by atoms with Crippen LogP contribution in [0.15, 0.2) is 36.7 Å². The molecule has 0 atom stereocenters. The van der Waals surface area contributed by atoms with Gasteiger partial charge in [-0.3, -0.25) is 0 Å². The number of ether oxygens (including phenoxy) is 1. The molecule has 2 aromatic rings. The van der Waals surface area contributed by atoms with Crippen molar-refractivity contribution in [3.8, 4) is 11.6 Å². The lowest BCUT2D eigenvalue weighted by Gasteiger charge is -2.21. The van der Waals surface area contributed by atoms with Crippen LogP contribution in [-0.4, -0.2) is 23.1 Å². The highest BCUT2D eigenvalue weighted by atomic mass is 16.5. The van der Waals surface area contributed by atoms with E-state index in [-0.39, 0.29) is 0 Å². The summed E-state index contributed by atoms with van der Waals surface area (Å²) in [4.78, 5) is 11.0. The Kier molecular flexibility index (Phi) is 4.34. The first-order valence-electron chi connectivity index (χ1n) is 7.63. The minimum Gasteiger partial charge on any atom is -0.439 e. The van der Waals surface area contributed by atoms with Crippen molar-refractivity contribution in [1.29, 1.82) is 0 Å². The van der Waals surface area contributed by atoms with E-state index in [2.05, 4.69) is 27.9 Å². The molecule has 1 aromatic carbocycles. The fraction of sp³-hybridized carbons (Fsp3) is 0.412. The molecule has 0 bridgehead atoms. The van der Waals surface area contributed by atoms with Gasteiger partial charge in [0, 0.05) is 19.2 Å². The minimum atomic E-state index is 0.606. The molecular formula is C17H21N3O. The van der Waals surface area contributed by atoms with Gasteiger partial charge in [0.05, 0.1) is 0 Å². The van der Waals surface area contributed by atoms with Gasteiger partial charge in [-0.25, -0.2) is 9.97 Å². The van der Waals surface area contributed by atoms with E-state index < -0.39 is 0 Å². The van der Waals surface area contributed by atoms with Crippen LogP contribution in [0, 0.1) is 6.92 Å². The number of hydrogen-bond acceptors (Lipinski definition) is 4. The molecule has 4 nitrogen and oxygen atoms in total. The third-order valence-corrected chi connectivity index (χ3v) is 3.77. The average Bonchev–Trinajstić information content (AvgIpc) is 2.77. The van der Waals surface area contributed by atoms with Crippen LogP contribution in [0.1, 0.15) is 31.2 Å². The minimum absolute atomic E-state index is 0.606. The van der Waals surface area contributed by atoms with Crippen molar-refractivity contribution < 1.29 is 4.74 Å². The molecule has 4 heteroatoms. The van der Waals surface area contributed by atoms with Gasteiger partial charge in [-0.15, -0.1) is 0 Å². The molecule has 0 unspecified atom stereocenters. The van der Waals surface area contributed by atoms with Crippen molar-refractivity contribution in [3.05, 3.63) is 42.2 Å². The summed E-state index contributed by atoms with van der Waals surface area (Å²) in [5.41, 5.74) is 1.18. The average molecular weight is 283 g/mol. The van der Waals surface area contributed by atoms with Gasteiger partial charge >= 0.3 is 0 Å². The summed E-state index contributed by atoms with van der Waals surface area (Å²) in [6.07, 6.45) is 6.68. The van der Waals surface area contributed by atoms with Gasteiger partial charge in [0.1, 0.15) is 17.9 Å². The Morgan fingerprint density at radius 2 is 1.81 bits per heavy atom. The lowest BCUT2D eigenvalue weighted by Crippen LogP contribution is -2.24. The molecule has 2 heterocycles. The Bertz CT molecular complexity index is 592. The summed E-state index contributed by atoms with van der Waals surface area (Å²) < 4.78 is 5.84. The summed E-state index contributed by atoms with van der Waals surface area (Å²) in [5.74, 6) is 2.39. The van der Waals surface area contributed by atoms with Gasteiger partial charge in [0.15, 0.2) is 0 Å². The topological polar surface area (TPSA) is 38.2 Å². The van der Waals surface area contributed by atoms with Crippen LogP contribution in [0.4, 0.5) is 5.82 Å². The van der Waals surface area contributed by atoms with E-state index in [1.807, 2.05) is 24.3 Å². The first-order chi connectivity index (χ1) is 10.3. The highest BCUT2D eigenvalue weighted by Crippen LogP contribution is 2.24. The molecule has 0 radical (unpaired) electrons. The summed E-state index contributed by atoms with van der Waals surface area (Å²) in [7, 11) is 0. The molecular weight excluding hydrogens is 262 g/mol. The molecule has 3 rings (SSSR count). The zero-order valence-corrected chi connectivity index (χ0v) is 12.5. The fourth-order valence-electron chi connectivity index (χ4n) is 2.66. The largest absolute Gasteiger partial charge is 0.439 e. The third kappa shape index (κ3) is 3.72. The SMILES string of the molecule is Cc1cccc(Oc2cc(N3CCCCCC3)ncn2)c1. The molecule has 21 heavy (non-hydrogen) atoms. The van der Waals surface area contributed by atoms with Gasteiger partial charge in [0.2, 0.25) is 5.88 Å². The van der Waals surface area contributed by atoms with Crippen molar-refractivity contribution >= 4 is 5.82 Å². The van der Waals surface area contributed by atoms with E-state index in [9.17, 15) is 0 Å². The van der Waals surface area contributed by atoms with Crippen LogP contribution in [0.3, 0.4) is 0 Å². The van der Waals surface area contributed by atoms with Crippen LogP contribution in [0.25, 0.3) is 0 Å². The van der Waals surface area contributed by atoms with Crippen LogP contribution in [0.5, 0.6) is 11.6 Å². The van der Waals surface area contributed by atoms with Crippen LogP contribution in [-0.2, 0) is 0 Å². The number of anilines is 1. The molecule has 0 N–H and O–H groups in total. The predicted molar refractivity (Wildman–Crippen MR) is 84.0 cm³/mol. The zero-order valence-electron chi connectivity index (χ0n) is 12.5. The number of nitrogens with zero attached hydrogens (tertiary/aromatic N) is 3. The molecule has 0 saturated carbocycles. The lowest BCUT2D eigenvalue weighted by molar-refractivity contribution is 0.461. The molecule has 1 aromatic heterocycles. The van der Waals surface area contributed by atoms with E-state index in [0.29, 0.717) is 5.88 Å². The normalized spacial score (nSPS) is 15.6. The molecule has 0 amide bonds. The van der Waals surface area contributed by atoms with Crippen LogP contribution in [0.2, 0.25) is 0 Å². The first kappa shape index (κ1) is 13.9. The lowest BCUT2D eigenvalue weighted by atomic mass is 10.2. The van der Waals surface area contributed by atoms with Gasteiger partial charge in [-0.2, -0.15) is 0 Å². The first-order valence-corrected chi connectivity index (χ1v) is 7.63. The van der Waals surface area contributed by atoms with Crippen molar-refractivity contribution in [2.45, 2.75) is 32.6 Å². The summed E-state index contributed by atoms with van der Waals surface area (Å²) in [6.45, 7) is 4.19. The van der Waals surface area contributed by atoms with Crippen molar-refractivity contribution in [2.75, 3.05) is 18.0 Å². The maximum Gasteiger partial charge on any atom is 0.224 e. The van der Waals surface area contributed by atoms with E-state index in [4.69, 9.17) is 4.74 Å². The van der Waals surface area contributed by atoms with E-state index in [0.717, 1.165) is 24.7 Å². The van der Waals surface area contributed by atoms with E-state index >= 15 is 0 Å². The molecule has 1 saturated heterocycles.